The Kier molecular flexibility index (Phi) is 8.35. The van der Waals surface area contributed by atoms with Gasteiger partial charge in [-0.15, -0.1) is 0 Å². The molecule has 0 bridgehead atoms. The first-order valence-corrected chi connectivity index (χ1v) is 11.2. The van der Waals surface area contributed by atoms with Gasteiger partial charge in [0.1, 0.15) is 11.5 Å². The van der Waals surface area contributed by atoms with Gasteiger partial charge in [-0.3, -0.25) is 9.69 Å². The normalized spacial score (nSPS) is 16.7. The van der Waals surface area contributed by atoms with Crippen molar-refractivity contribution in [2.45, 2.75) is 52.6 Å². The Morgan fingerprint density at radius 1 is 1.10 bits per heavy atom. The zero-order chi connectivity index (χ0) is 22.2. The van der Waals surface area contributed by atoms with E-state index in [1.54, 1.807) is 14.2 Å². The minimum atomic E-state index is 0.101. The number of hydrogen-bond donors (Lipinski definition) is 1. The number of carbonyl (C=O) groups is 1. The van der Waals surface area contributed by atoms with Crippen molar-refractivity contribution in [1.29, 1.82) is 0 Å². The summed E-state index contributed by atoms with van der Waals surface area (Å²) in [5.41, 5.74) is 5.05. The van der Waals surface area contributed by atoms with Gasteiger partial charge in [-0.05, 0) is 68.8 Å². The summed E-state index contributed by atoms with van der Waals surface area (Å²) >= 11 is 0. The van der Waals surface area contributed by atoms with Gasteiger partial charge < -0.3 is 14.8 Å². The van der Waals surface area contributed by atoms with Gasteiger partial charge in [-0.2, -0.15) is 0 Å². The van der Waals surface area contributed by atoms with E-state index in [9.17, 15) is 4.79 Å². The van der Waals surface area contributed by atoms with Crippen LogP contribution in [0.2, 0.25) is 0 Å². The fourth-order valence-corrected chi connectivity index (χ4v) is 4.41. The summed E-state index contributed by atoms with van der Waals surface area (Å²) in [4.78, 5) is 15.0. The van der Waals surface area contributed by atoms with Crippen molar-refractivity contribution < 1.29 is 14.3 Å². The third kappa shape index (κ3) is 6.73. The molecule has 1 N–H and O–H groups in total. The number of likely N-dealkylation sites (tertiary alicyclic amines) is 1. The third-order valence-electron chi connectivity index (χ3n) is 6.25. The van der Waals surface area contributed by atoms with Crippen LogP contribution < -0.4 is 14.8 Å². The summed E-state index contributed by atoms with van der Waals surface area (Å²) in [6, 6.07) is 12.4. The molecular weight excluding hydrogens is 388 g/mol. The van der Waals surface area contributed by atoms with Crippen LogP contribution in [0, 0.1) is 19.8 Å². The van der Waals surface area contributed by atoms with Gasteiger partial charge in [0.25, 0.3) is 0 Å². The minimum absolute atomic E-state index is 0.101. The Morgan fingerprint density at radius 2 is 1.90 bits per heavy atom. The molecule has 2 aromatic rings. The summed E-state index contributed by atoms with van der Waals surface area (Å²) in [5.74, 6) is 2.16. The molecule has 2 aromatic carbocycles. The highest BCUT2D eigenvalue weighted by Crippen LogP contribution is 2.25. The average Bonchev–Trinajstić information content (AvgIpc) is 2.78. The van der Waals surface area contributed by atoms with Crippen LogP contribution in [0.4, 0.5) is 0 Å². The molecule has 1 atom stereocenters. The molecule has 5 nitrogen and oxygen atoms in total. The monoisotopic (exact) mass is 424 g/mol. The number of hydrogen-bond acceptors (Lipinski definition) is 4. The van der Waals surface area contributed by atoms with Gasteiger partial charge in [-0.25, -0.2) is 0 Å². The number of carbonyl (C=O) groups excluding carboxylic acids is 1. The van der Waals surface area contributed by atoms with E-state index in [-0.39, 0.29) is 5.91 Å². The zero-order valence-corrected chi connectivity index (χ0v) is 19.4. The van der Waals surface area contributed by atoms with E-state index in [4.69, 9.17) is 9.47 Å². The molecule has 1 aliphatic heterocycles. The van der Waals surface area contributed by atoms with Gasteiger partial charge in [-0.1, -0.05) is 23.8 Å². The maximum absolute atomic E-state index is 12.4. The van der Waals surface area contributed by atoms with Crippen LogP contribution in [-0.4, -0.2) is 38.1 Å². The number of nitrogens with zero attached hydrogens (tertiary/aromatic N) is 1. The third-order valence-corrected chi connectivity index (χ3v) is 6.25. The number of amides is 1. The van der Waals surface area contributed by atoms with Crippen molar-refractivity contribution in [2.75, 3.05) is 27.3 Å². The molecule has 1 amide bonds. The lowest BCUT2D eigenvalue weighted by Gasteiger charge is -2.33. The van der Waals surface area contributed by atoms with E-state index in [2.05, 4.69) is 42.3 Å². The predicted octanol–water partition coefficient (Wildman–Crippen LogP) is 4.63. The molecule has 1 saturated heterocycles. The quantitative estimate of drug-likeness (QED) is 0.638. The first-order valence-electron chi connectivity index (χ1n) is 11.2. The van der Waals surface area contributed by atoms with Crippen LogP contribution >= 0.6 is 0 Å². The lowest BCUT2D eigenvalue weighted by Crippen LogP contribution is -2.35. The van der Waals surface area contributed by atoms with E-state index in [0.29, 0.717) is 18.9 Å². The second-order valence-electron chi connectivity index (χ2n) is 8.67. The fourth-order valence-electron chi connectivity index (χ4n) is 4.41. The van der Waals surface area contributed by atoms with Gasteiger partial charge in [0.2, 0.25) is 5.91 Å². The van der Waals surface area contributed by atoms with Crippen molar-refractivity contribution in [3.63, 3.8) is 0 Å². The Bertz CT molecular complexity index is 881. The van der Waals surface area contributed by atoms with Crippen molar-refractivity contribution in [3.05, 3.63) is 58.7 Å². The average molecular weight is 425 g/mol. The Hall–Kier alpha value is -2.53. The molecule has 1 unspecified atom stereocenters. The highest BCUT2D eigenvalue weighted by molar-refractivity contribution is 5.75. The fraction of sp³-hybridized carbons (Fsp3) is 0.500. The standard InChI is InChI=1S/C26H36N2O3/c1-19-7-9-23(20(2)14-19)18-28-13-5-6-21(17-28)8-12-26(29)27-16-22-10-11-24(30-3)15-25(22)31-4/h7,9-11,14-15,21H,5-6,8,12-13,16-18H2,1-4H3,(H,27,29). The largest absolute Gasteiger partial charge is 0.497 e. The number of rotatable bonds is 9. The molecule has 0 radical (unpaired) electrons. The highest BCUT2D eigenvalue weighted by Gasteiger charge is 2.21. The van der Waals surface area contributed by atoms with E-state index < -0.39 is 0 Å². The van der Waals surface area contributed by atoms with E-state index >= 15 is 0 Å². The van der Waals surface area contributed by atoms with E-state index in [1.807, 2.05) is 18.2 Å². The number of benzene rings is 2. The first-order chi connectivity index (χ1) is 15.0. The SMILES string of the molecule is COc1ccc(CNC(=O)CCC2CCCN(Cc3ccc(C)cc3C)C2)c(OC)c1. The molecule has 31 heavy (non-hydrogen) atoms. The predicted molar refractivity (Wildman–Crippen MR) is 125 cm³/mol. The van der Waals surface area contributed by atoms with Crippen LogP contribution in [0.5, 0.6) is 11.5 Å². The van der Waals surface area contributed by atoms with Crippen LogP contribution in [0.15, 0.2) is 36.4 Å². The van der Waals surface area contributed by atoms with Crippen LogP contribution in [-0.2, 0) is 17.9 Å². The summed E-state index contributed by atoms with van der Waals surface area (Å²) < 4.78 is 10.6. The molecule has 3 rings (SSSR count). The van der Waals surface area contributed by atoms with Crippen LogP contribution in [0.1, 0.15) is 47.9 Å². The molecule has 1 heterocycles. The lowest BCUT2D eigenvalue weighted by molar-refractivity contribution is -0.121. The Morgan fingerprint density at radius 3 is 2.65 bits per heavy atom. The van der Waals surface area contributed by atoms with Crippen molar-refractivity contribution in [3.8, 4) is 11.5 Å². The maximum atomic E-state index is 12.4. The van der Waals surface area contributed by atoms with Crippen LogP contribution in [0.25, 0.3) is 0 Å². The number of nitrogens with one attached hydrogen (secondary N) is 1. The van der Waals surface area contributed by atoms with Crippen molar-refractivity contribution >= 4 is 5.91 Å². The Balaban J connectivity index is 1.44. The van der Waals surface area contributed by atoms with Gasteiger partial charge in [0.05, 0.1) is 14.2 Å². The molecule has 1 fully saturated rings. The maximum Gasteiger partial charge on any atom is 0.220 e. The molecule has 0 aromatic heterocycles. The number of ether oxygens (including phenoxy) is 2. The summed E-state index contributed by atoms with van der Waals surface area (Å²) in [5, 5.41) is 3.04. The minimum Gasteiger partial charge on any atom is -0.497 e. The molecule has 0 aliphatic carbocycles. The van der Waals surface area contributed by atoms with Gasteiger partial charge in [0.15, 0.2) is 0 Å². The highest BCUT2D eigenvalue weighted by atomic mass is 16.5. The molecule has 5 heteroatoms. The summed E-state index contributed by atoms with van der Waals surface area (Å²) in [6.07, 6.45) is 3.93. The smallest absolute Gasteiger partial charge is 0.220 e. The van der Waals surface area contributed by atoms with Gasteiger partial charge >= 0.3 is 0 Å². The topological polar surface area (TPSA) is 50.8 Å². The van der Waals surface area contributed by atoms with Crippen molar-refractivity contribution in [2.24, 2.45) is 5.92 Å². The number of aryl methyl sites for hydroxylation is 2. The Labute approximate surface area is 186 Å². The molecule has 0 saturated carbocycles. The number of piperidine rings is 1. The second-order valence-corrected chi connectivity index (χ2v) is 8.67. The summed E-state index contributed by atoms with van der Waals surface area (Å²) in [6.45, 7) is 8.04. The zero-order valence-electron chi connectivity index (χ0n) is 19.4. The van der Waals surface area contributed by atoms with Crippen LogP contribution in [0.3, 0.4) is 0 Å². The molecule has 1 aliphatic rings. The van der Waals surface area contributed by atoms with Crippen molar-refractivity contribution in [1.82, 2.24) is 10.2 Å². The summed E-state index contributed by atoms with van der Waals surface area (Å²) in [7, 11) is 3.26. The second kappa shape index (κ2) is 11.2. The first kappa shape index (κ1) is 23.1. The molecule has 168 valence electrons. The lowest BCUT2D eigenvalue weighted by atomic mass is 9.92. The van der Waals surface area contributed by atoms with E-state index in [0.717, 1.165) is 43.1 Å². The van der Waals surface area contributed by atoms with E-state index in [1.165, 1.54) is 29.5 Å². The molecule has 0 spiro atoms. The number of methoxy groups -OCH3 is 2. The van der Waals surface area contributed by atoms with Gasteiger partial charge in [0, 0.05) is 37.7 Å². The molecular formula is C26H36N2O3.